The van der Waals surface area contributed by atoms with Crippen LogP contribution in [0, 0.1) is 10.8 Å². The number of hydrogen-bond acceptors (Lipinski definition) is 9. The number of aryl methyl sites for hydroxylation is 2. The third kappa shape index (κ3) is 13.6. The van der Waals surface area contributed by atoms with Crippen molar-refractivity contribution in [2.75, 3.05) is 20.6 Å². The topological polar surface area (TPSA) is 219 Å². The van der Waals surface area contributed by atoms with Crippen LogP contribution in [0.4, 0.5) is 0 Å². The molecule has 6 rings (SSSR count). The van der Waals surface area contributed by atoms with Gasteiger partial charge in [0.25, 0.3) is 5.91 Å². The molecule has 1 saturated heterocycles. The molecule has 1 aliphatic heterocycles. The number of likely N-dealkylation sites (tertiary alicyclic amines) is 1. The van der Waals surface area contributed by atoms with E-state index in [1.54, 1.807) is 52.2 Å². The molecule has 0 unspecified atom stereocenters. The number of nitrogens with zero attached hydrogens (tertiary/aromatic N) is 1. The number of likely N-dealkylation sites (N-methyl/N-ethyl adjacent to an activating group) is 2. The predicted molar refractivity (Wildman–Crippen MR) is 274 cm³/mol. The van der Waals surface area contributed by atoms with E-state index in [4.69, 9.17) is 0 Å². The zero-order valence-corrected chi connectivity index (χ0v) is 43.3. The molecule has 7 amide bonds. The van der Waals surface area contributed by atoms with Gasteiger partial charge in [-0.1, -0.05) is 102 Å². The molecule has 8 N–H and O–H groups in total. The van der Waals surface area contributed by atoms with Crippen molar-refractivity contribution in [3.8, 4) is 0 Å². The maximum absolute atomic E-state index is 14.6. The van der Waals surface area contributed by atoms with E-state index in [2.05, 4.69) is 54.7 Å². The van der Waals surface area contributed by atoms with E-state index in [1.807, 2.05) is 77.9 Å². The SMILES string of the molecule is CN[C@@H](C)C(=O)N[C@H](C(=O)N[C@@H](Cc1ccc(C(=O)N[C@H]2C[C@@H](C(=O)N[C@@H]3CCCc4ccccc43)N(C(=O)[C@@H](NC(=O)[C@H](C)NC)C(C)(C)C)C2)cc1)C(=O)N[C@@H]1CCCc2ccccc21)C(C)(C)C. The van der Waals surface area contributed by atoms with E-state index in [0.717, 1.165) is 49.7 Å². The van der Waals surface area contributed by atoms with E-state index in [9.17, 15) is 33.6 Å². The summed E-state index contributed by atoms with van der Waals surface area (Å²) in [4.78, 5) is 99.3. The van der Waals surface area contributed by atoms with Crippen LogP contribution >= 0.6 is 0 Å². The van der Waals surface area contributed by atoms with Gasteiger partial charge in [-0.05, 0) is 124 Å². The maximum Gasteiger partial charge on any atom is 0.251 e. The van der Waals surface area contributed by atoms with Gasteiger partial charge in [0.2, 0.25) is 35.4 Å². The van der Waals surface area contributed by atoms with Crippen molar-refractivity contribution in [2.24, 2.45) is 10.8 Å². The summed E-state index contributed by atoms with van der Waals surface area (Å²) in [7, 11) is 3.32. The molecule has 0 aromatic heterocycles. The normalized spacial score (nSPS) is 20.9. The Morgan fingerprint density at radius 2 is 1.11 bits per heavy atom. The Hall–Kier alpha value is -6.13. The Labute approximate surface area is 419 Å². The van der Waals surface area contributed by atoms with E-state index in [-0.39, 0.29) is 55.1 Å². The number of fused-ring (bicyclic) bond motifs is 2. The lowest BCUT2D eigenvalue weighted by Gasteiger charge is -2.36. The summed E-state index contributed by atoms with van der Waals surface area (Å²) < 4.78 is 0. The highest BCUT2D eigenvalue weighted by atomic mass is 16.2. The van der Waals surface area contributed by atoms with Gasteiger partial charge in [-0.15, -0.1) is 0 Å². The summed E-state index contributed by atoms with van der Waals surface area (Å²) >= 11 is 0. The van der Waals surface area contributed by atoms with Crippen LogP contribution in [0.5, 0.6) is 0 Å². The molecule has 0 radical (unpaired) electrons. The van der Waals surface area contributed by atoms with Gasteiger partial charge < -0.3 is 47.4 Å². The fraction of sp³-hybridized carbons (Fsp3) is 0.545. The molecule has 16 heteroatoms. The van der Waals surface area contributed by atoms with Crippen molar-refractivity contribution in [2.45, 2.75) is 161 Å². The van der Waals surface area contributed by atoms with Crippen molar-refractivity contribution in [1.82, 2.24) is 47.4 Å². The van der Waals surface area contributed by atoms with Crippen LogP contribution in [0.3, 0.4) is 0 Å². The first-order valence-electron chi connectivity index (χ1n) is 25.3. The third-order valence-corrected chi connectivity index (χ3v) is 14.3. The van der Waals surface area contributed by atoms with Crippen LogP contribution in [-0.2, 0) is 48.0 Å². The van der Waals surface area contributed by atoms with Gasteiger partial charge in [-0.25, -0.2) is 0 Å². The molecule has 0 saturated carbocycles. The number of rotatable bonds is 17. The number of benzene rings is 3. The lowest BCUT2D eigenvalue weighted by atomic mass is 9.85. The number of nitrogens with one attached hydrogen (secondary N) is 8. The van der Waals surface area contributed by atoms with Gasteiger partial charge >= 0.3 is 0 Å². The number of carbonyl (C=O) groups excluding carboxylic acids is 7. The van der Waals surface area contributed by atoms with Crippen molar-refractivity contribution in [1.29, 1.82) is 0 Å². The molecular weight excluding hydrogens is 899 g/mol. The number of hydrogen-bond donors (Lipinski definition) is 8. The zero-order valence-electron chi connectivity index (χ0n) is 43.3. The van der Waals surface area contributed by atoms with E-state index in [0.29, 0.717) is 11.1 Å². The third-order valence-electron chi connectivity index (χ3n) is 14.3. The average Bonchev–Trinajstić information content (AvgIpc) is 3.77. The quantitative estimate of drug-likeness (QED) is 0.0977. The van der Waals surface area contributed by atoms with Crippen LogP contribution in [0.2, 0.25) is 0 Å². The second-order valence-electron chi connectivity index (χ2n) is 21.8. The summed E-state index contributed by atoms with van der Waals surface area (Å²) in [5, 5.41) is 24.1. The van der Waals surface area contributed by atoms with E-state index >= 15 is 0 Å². The lowest BCUT2D eigenvalue weighted by Crippen LogP contribution is -2.60. The minimum Gasteiger partial charge on any atom is -0.347 e. The first-order chi connectivity index (χ1) is 33.6. The second kappa shape index (κ2) is 23.4. The van der Waals surface area contributed by atoms with Crippen LogP contribution in [0.25, 0.3) is 0 Å². The molecule has 3 aromatic rings. The zero-order chi connectivity index (χ0) is 51.8. The van der Waals surface area contributed by atoms with Crippen LogP contribution in [-0.4, -0.2) is 109 Å². The Morgan fingerprint density at radius 1 is 0.606 bits per heavy atom. The Morgan fingerprint density at radius 3 is 1.63 bits per heavy atom. The fourth-order valence-corrected chi connectivity index (χ4v) is 9.83. The molecule has 1 heterocycles. The summed E-state index contributed by atoms with van der Waals surface area (Å²) in [5.41, 5.74) is 4.03. The molecule has 3 aromatic carbocycles. The first-order valence-corrected chi connectivity index (χ1v) is 25.3. The van der Waals surface area contributed by atoms with Crippen LogP contribution < -0.4 is 42.5 Å². The highest BCUT2D eigenvalue weighted by molar-refractivity contribution is 5.97. The van der Waals surface area contributed by atoms with Crippen LogP contribution in [0.15, 0.2) is 72.8 Å². The first kappa shape index (κ1) is 54.2. The molecular formula is C55H77N9O7. The molecule has 71 heavy (non-hydrogen) atoms. The van der Waals surface area contributed by atoms with Crippen molar-refractivity contribution < 1.29 is 33.6 Å². The van der Waals surface area contributed by atoms with Gasteiger partial charge in [0.05, 0.1) is 24.2 Å². The van der Waals surface area contributed by atoms with Crippen molar-refractivity contribution >= 4 is 41.4 Å². The van der Waals surface area contributed by atoms with E-state index < -0.39 is 70.8 Å². The minimum absolute atomic E-state index is 0.0396. The standard InChI is InChI=1S/C55H77N9O7/c1-32(56-9)47(65)62-45(54(3,4)5)52(70)61-43(50(68)59-41-23-15-19-35-17-11-13-21-39(35)41)29-34-25-27-37(28-26-34)49(67)58-38-30-44(51(69)60-42-24-16-20-36-18-12-14-22-40(36)42)64(31-38)53(71)46(55(6,7)8)63-48(66)33(2)57-10/h11-14,17-18,21-22,25-28,32-33,38,41-46,56-57H,15-16,19-20,23-24,29-31H2,1-10H3,(H,58,67)(H,59,68)(H,60,69)(H,61,70)(H,62,65)(H,63,66)/t32-,33-,38-,41+,42+,43-,44-,45+,46+/m0/s1. The van der Waals surface area contributed by atoms with Gasteiger partial charge in [0.15, 0.2) is 0 Å². The minimum atomic E-state index is -1.03. The van der Waals surface area contributed by atoms with Gasteiger partial charge in [-0.2, -0.15) is 0 Å². The molecule has 16 nitrogen and oxygen atoms in total. The molecule has 0 spiro atoms. The molecule has 384 valence electrons. The number of carbonyl (C=O) groups is 7. The van der Waals surface area contributed by atoms with Crippen molar-refractivity contribution in [3.63, 3.8) is 0 Å². The number of amides is 7. The average molecular weight is 976 g/mol. The Balaban J connectivity index is 1.21. The summed E-state index contributed by atoms with van der Waals surface area (Å²) in [6.45, 7) is 14.6. The lowest BCUT2D eigenvalue weighted by molar-refractivity contribution is -0.144. The fourth-order valence-electron chi connectivity index (χ4n) is 9.83. The second-order valence-corrected chi connectivity index (χ2v) is 21.8. The summed E-state index contributed by atoms with van der Waals surface area (Å²) in [6.07, 6.45) is 5.37. The Kier molecular flexibility index (Phi) is 17.9. The summed E-state index contributed by atoms with van der Waals surface area (Å²) in [5.74, 6) is -2.74. The monoisotopic (exact) mass is 976 g/mol. The van der Waals surface area contributed by atoms with Gasteiger partial charge in [-0.3, -0.25) is 33.6 Å². The Bertz CT molecular complexity index is 2410. The van der Waals surface area contributed by atoms with Crippen molar-refractivity contribution in [3.05, 3.63) is 106 Å². The molecule has 0 bridgehead atoms. The predicted octanol–water partition coefficient (Wildman–Crippen LogP) is 4.08. The van der Waals surface area contributed by atoms with Gasteiger partial charge in [0.1, 0.15) is 24.2 Å². The van der Waals surface area contributed by atoms with E-state index in [1.165, 1.54) is 16.0 Å². The molecule has 9 atom stereocenters. The van der Waals surface area contributed by atoms with Gasteiger partial charge in [0, 0.05) is 24.6 Å². The smallest absolute Gasteiger partial charge is 0.251 e. The summed E-state index contributed by atoms with van der Waals surface area (Å²) in [6, 6.07) is 16.8. The molecule has 2 aliphatic carbocycles. The largest absolute Gasteiger partial charge is 0.347 e. The maximum atomic E-state index is 14.6. The molecule has 1 fully saturated rings. The highest BCUT2D eigenvalue weighted by Gasteiger charge is 2.46. The molecule has 3 aliphatic rings. The van der Waals surface area contributed by atoms with Crippen LogP contribution in [0.1, 0.15) is 138 Å². The highest BCUT2D eigenvalue weighted by Crippen LogP contribution is 2.33.